The third kappa shape index (κ3) is 4.31. The summed E-state index contributed by atoms with van der Waals surface area (Å²) in [5.74, 6) is 0.328. The van der Waals surface area contributed by atoms with Crippen molar-refractivity contribution in [1.82, 2.24) is 0 Å². The van der Waals surface area contributed by atoms with Crippen LogP contribution in [0.4, 0.5) is 0 Å². The number of phenolic OH excluding ortho intramolecular Hbond substituents is 1. The van der Waals surface area contributed by atoms with Gasteiger partial charge in [0.15, 0.2) is 0 Å². The molecule has 2 aromatic carbocycles. The number of hydrogen-bond donors (Lipinski definition) is 1. The zero-order chi connectivity index (χ0) is 12.5. The van der Waals surface area contributed by atoms with Crippen LogP contribution in [0.2, 0.25) is 0 Å². The van der Waals surface area contributed by atoms with Crippen molar-refractivity contribution in [1.29, 1.82) is 0 Å². The Morgan fingerprint density at radius 3 is 1.82 bits per heavy atom. The molecule has 0 amide bonds. The molecule has 1 N–H and O–H groups in total. The first-order valence-electron chi connectivity index (χ1n) is 6.13. The average Bonchev–Trinajstić information content (AvgIpc) is 2.41. The number of phenols is 1. The number of para-hydroxylation sites is 1. The smallest absolute Gasteiger partial charge is 0.123 e. The maximum Gasteiger partial charge on any atom is 0.123 e. The highest BCUT2D eigenvalue weighted by atomic mass is 16.3. The molecular formula is C16H20O. The zero-order valence-corrected chi connectivity index (χ0v) is 10.6. The SMILES string of the molecule is CCCC.Oc1ccccc1-c1ccccc1. The van der Waals surface area contributed by atoms with Crippen molar-refractivity contribution in [3.63, 3.8) is 0 Å². The first-order chi connectivity index (χ1) is 8.29. The summed E-state index contributed by atoms with van der Waals surface area (Å²) in [7, 11) is 0. The van der Waals surface area contributed by atoms with Gasteiger partial charge in [0, 0.05) is 5.56 Å². The summed E-state index contributed by atoms with van der Waals surface area (Å²) in [4.78, 5) is 0. The van der Waals surface area contributed by atoms with Gasteiger partial charge in [-0.3, -0.25) is 0 Å². The molecule has 0 saturated carbocycles. The summed E-state index contributed by atoms with van der Waals surface area (Å²) < 4.78 is 0. The first kappa shape index (κ1) is 13.3. The molecule has 0 unspecified atom stereocenters. The fourth-order valence-electron chi connectivity index (χ4n) is 1.34. The second-order valence-electron chi connectivity index (χ2n) is 3.88. The molecule has 0 aliphatic heterocycles. The van der Waals surface area contributed by atoms with Gasteiger partial charge in [-0.25, -0.2) is 0 Å². The minimum absolute atomic E-state index is 0.328. The van der Waals surface area contributed by atoms with Crippen molar-refractivity contribution >= 4 is 0 Å². The standard InChI is InChI=1S/C12H10O.C4H10/c13-12-9-5-4-8-11(12)10-6-2-1-3-7-10;1-3-4-2/h1-9,13H;3-4H2,1-2H3. The van der Waals surface area contributed by atoms with Gasteiger partial charge >= 0.3 is 0 Å². The third-order valence-electron chi connectivity index (χ3n) is 2.49. The summed E-state index contributed by atoms with van der Waals surface area (Å²) in [6.45, 7) is 4.36. The Bertz CT molecular complexity index is 419. The second kappa shape index (κ2) is 7.50. The van der Waals surface area contributed by atoms with E-state index >= 15 is 0 Å². The maximum atomic E-state index is 9.56. The van der Waals surface area contributed by atoms with Crippen molar-refractivity contribution in [3.05, 3.63) is 54.6 Å². The highest BCUT2D eigenvalue weighted by Gasteiger charge is 2.00. The average molecular weight is 228 g/mol. The number of hydrogen-bond acceptors (Lipinski definition) is 1. The summed E-state index contributed by atoms with van der Waals surface area (Å²) in [6.07, 6.45) is 2.64. The van der Waals surface area contributed by atoms with Gasteiger partial charge in [0.05, 0.1) is 0 Å². The first-order valence-corrected chi connectivity index (χ1v) is 6.13. The lowest BCUT2D eigenvalue weighted by Crippen LogP contribution is -1.76. The predicted octanol–water partition coefficient (Wildman–Crippen LogP) is 4.87. The molecule has 90 valence electrons. The van der Waals surface area contributed by atoms with Gasteiger partial charge in [0.25, 0.3) is 0 Å². The van der Waals surface area contributed by atoms with E-state index in [-0.39, 0.29) is 0 Å². The molecule has 0 aliphatic rings. The molecule has 0 aromatic heterocycles. The van der Waals surface area contributed by atoms with E-state index < -0.39 is 0 Å². The van der Waals surface area contributed by atoms with Gasteiger partial charge in [-0.15, -0.1) is 0 Å². The molecule has 2 rings (SSSR count). The highest BCUT2D eigenvalue weighted by Crippen LogP contribution is 2.27. The molecule has 0 heterocycles. The lowest BCUT2D eigenvalue weighted by atomic mass is 10.1. The van der Waals surface area contributed by atoms with Crippen LogP contribution in [0.15, 0.2) is 54.6 Å². The van der Waals surface area contributed by atoms with Crippen LogP contribution < -0.4 is 0 Å². The number of unbranched alkanes of at least 4 members (excludes halogenated alkanes) is 1. The topological polar surface area (TPSA) is 20.2 Å². The lowest BCUT2D eigenvalue weighted by Gasteiger charge is -2.02. The van der Waals surface area contributed by atoms with Crippen LogP contribution in [0.1, 0.15) is 26.7 Å². The monoisotopic (exact) mass is 228 g/mol. The fourth-order valence-corrected chi connectivity index (χ4v) is 1.34. The minimum Gasteiger partial charge on any atom is -0.507 e. The Balaban J connectivity index is 0.000000317. The minimum atomic E-state index is 0.328. The van der Waals surface area contributed by atoms with Crippen LogP contribution in [-0.2, 0) is 0 Å². The Morgan fingerprint density at radius 2 is 1.29 bits per heavy atom. The van der Waals surface area contributed by atoms with Crippen molar-refractivity contribution < 1.29 is 5.11 Å². The molecular weight excluding hydrogens is 208 g/mol. The highest BCUT2D eigenvalue weighted by molar-refractivity contribution is 5.69. The van der Waals surface area contributed by atoms with Crippen LogP contribution in [0.3, 0.4) is 0 Å². The molecule has 0 atom stereocenters. The lowest BCUT2D eigenvalue weighted by molar-refractivity contribution is 0.477. The molecule has 0 saturated heterocycles. The summed E-state index contributed by atoms with van der Waals surface area (Å²) in [6, 6.07) is 17.2. The van der Waals surface area contributed by atoms with E-state index in [9.17, 15) is 5.11 Å². The molecule has 0 aliphatic carbocycles. The van der Waals surface area contributed by atoms with Gasteiger partial charge < -0.3 is 5.11 Å². The van der Waals surface area contributed by atoms with Crippen molar-refractivity contribution in [2.24, 2.45) is 0 Å². The summed E-state index contributed by atoms with van der Waals surface area (Å²) in [5.41, 5.74) is 1.92. The maximum absolute atomic E-state index is 9.56. The van der Waals surface area contributed by atoms with Gasteiger partial charge in [-0.1, -0.05) is 75.2 Å². The van der Waals surface area contributed by atoms with Gasteiger partial charge in [-0.05, 0) is 11.6 Å². The quantitative estimate of drug-likeness (QED) is 0.777. The summed E-state index contributed by atoms with van der Waals surface area (Å²) >= 11 is 0. The number of aromatic hydroxyl groups is 1. The molecule has 0 bridgehead atoms. The molecule has 1 nitrogen and oxygen atoms in total. The van der Waals surface area contributed by atoms with E-state index in [2.05, 4.69) is 13.8 Å². The van der Waals surface area contributed by atoms with Crippen molar-refractivity contribution in [2.45, 2.75) is 26.7 Å². The van der Waals surface area contributed by atoms with Crippen LogP contribution in [0, 0.1) is 0 Å². The van der Waals surface area contributed by atoms with E-state index in [4.69, 9.17) is 0 Å². The molecule has 0 fully saturated rings. The molecule has 0 spiro atoms. The molecule has 0 radical (unpaired) electrons. The van der Waals surface area contributed by atoms with Crippen molar-refractivity contribution in [3.8, 4) is 16.9 Å². The largest absolute Gasteiger partial charge is 0.507 e. The van der Waals surface area contributed by atoms with E-state index in [1.165, 1.54) is 12.8 Å². The Kier molecular flexibility index (Phi) is 5.87. The van der Waals surface area contributed by atoms with Crippen LogP contribution in [-0.4, -0.2) is 5.11 Å². The molecule has 17 heavy (non-hydrogen) atoms. The van der Waals surface area contributed by atoms with Crippen LogP contribution in [0.25, 0.3) is 11.1 Å². The fraction of sp³-hybridized carbons (Fsp3) is 0.250. The van der Waals surface area contributed by atoms with Gasteiger partial charge in [0.1, 0.15) is 5.75 Å². The second-order valence-corrected chi connectivity index (χ2v) is 3.88. The van der Waals surface area contributed by atoms with Crippen molar-refractivity contribution in [2.75, 3.05) is 0 Å². The zero-order valence-electron chi connectivity index (χ0n) is 10.6. The van der Waals surface area contributed by atoms with Crippen LogP contribution in [0.5, 0.6) is 5.75 Å². The van der Waals surface area contributed by atoms with Gasteiger partial charge in [-0.2, -0.15) is 0 Å². The van der Waals surface area contributed by atoms with E-state index in [0.717, 1.165) is 11.1 Å². The van der Waals surface area contributed by atoms with E-state index in [1.54, 1.807) is 6.07 Å². The normalized spacial score (nSPS) is 9.29. The molecule has 1 heteroatoms. The van der Waals surface area contributed by atoms with Crippen LogP contribution >= 0.6 is 0 Å². The van der Waals surface area contributed by atoms with E-state index in [0.29, 0.717) is 5.75 Å². The molecule has 2 aromatic rings. The third-order valence-corrected chi connectivity index (χ3v) is 2.49. The Hall–Kier alpha value is -1.76. The predicted molar refractivity (Wildman–Crippen MR) is 74.1 cm³/mol. The number of benzene rings is 2. The van der Waals surface area contributed by atoms with Gasteiger partial charge in [0.2, 0.25) is 0 Å². The Labute approximate surface area is 104 Å². The summed E-state index contributed by atoms with van der Waals surface area (Å²) in [5, 5.41) is 9.56. The van der Waals surface area contributed by atoms with E-state index in [1.807, 2.05) is 48.5 Å². The number of rotatable bonds is 2. The Morgan fingerprint density at radius 1 is 0.765 bits per heavy atom.